The molecule has 0 spiro atoms. The third kappa shape index (κ3) is 3.04. The number of aromatic carboxylic acids is 1. The summed E-state index contributed by atoms with van der Waals surface area (Å²) in [6.07, 6.45) is 5.22. The number of rotatable bonds is 4. The molecule has 1 aromatic rings. The van der Waals surface area contributed by atoms with Crippen molar-refractivity contribution in [2.45, 2.75) is 6.42 Å². The van der Waals surface area contributed by atoms with Gasteiger partial charge in [0.25, 0.3) is 5.91 Å². The number of nitrogens with one attached hydrogen (secondary N) is 1. The topological polar surface area (TPSA) is 66.4 Å². The van der Waals surface area contributed by atoms with Crippen molar-refractivity contribution in [3.63, 3.8) is 0 Å². The summed E-state index contributed by atoms with van der Waals surface area (Å²) in [6, 6.07) is 1.01. The van der Waals surface area contributed by atoms with E-state index < -0.39 is 34.6 Å². The van der Waals surface area contributed by atoms with E-state index in [1.807, 2.05) is 0 Å². The van der Waals surface area contributed by atoms with Gasteiger partial charge in [-0.2, -0.15) is 0 Å². The van der Waals surface area contributed by atoms with Crippen molar-refractivity contribution in [1.82, 2.24) is 5.32 Å². The molecule has 94 valence electrons. The third-order valence-corrected chi connectivity index (χ3v) is 2.09. The first-order valence-electron chi connectivity index (χ1n) is 4.91. The summed E-state index contributed by atoms with van der Waals surface area (Å²) < 4.78 is 25.9. The quantitative estimate of drug-likeness (QED) is 0.630. The normalized spacial score (nSPS) is 9.61. The lowest BCUT2D eigenvalue weighted by molar-refractivity contribution is 0.0690. The van der Waals surface area contributed by atoms with E-state index in [4.69, 9.17) is 11.5 Å². The lowest BCUT2D eigenvalue weighted by Crippen LogP contribution is -2.26. The van der Waals surface area contributed by atoms with E-state index in [0.717, 1.165) is 0 Å². The number of hydrogen-bond donors (Lipinski definition) is 2. The molecule has 0 saturated carbocycles. The first kappa shape index (κ1) is 13.6. The van der Waals surface area contributed by atoms with Crippen LogP contribution in [0.25, 0.3) is 0 Å². The number of hydrogen-bond acceptors (Lipinski definition) is 2. The average molecular weight is 253 g/mol. The number of carbonyl (C=O) groups excluding carboxylic acids is 1. The van der Waals surface area contributed by atoms with Gasteiger partial charge in [-0.15, -0.1) is 12.3 Å². The zero-order valence-corrected chi connectivity index (χ0v) is 9.17. The Bertz CT molecular complexity index is 535. The molecule has 0 radical (unpaired) electrons. The van der Waals surface area contributed by atoms with Gasteiger partial charge in [0.2, 0.25) is 0 Å². The average Bonchev–Trinajstić information content (AvgIpc) is 2.32. The van der Waals surface area contributed by atoms with Gasteiger partial charge >= 0.3 is 5.97 Å². The van der Waals surface area contributed by atoms with E-state index in [0.29, 0.717) is 12.1 Å². The molecule has 0 aliphatic heterocycles. The monoisotopic (exact) mass is 253 g/mol. The number of halogens is 2. The zero-order chi connectivity index (χ0) is 13.7. The van der Waals surface area contributed by atoms with Crippen LogP contribution < -0.4 is 5.32 Å². The Kier molecular flexibility index (Phi) is 4.38. The standard InChI is InChI=1S/C12H9F2NO3/c1-2-3-4-15-11(16)7-5-9(13)10(14)6-8(7)12(17)18/h1,5-6H,3-4H2,(H,15,16)(H,17,18). The first-order valence-corrected chi connectivity index (χ1v) is 4.91. The molecule has 2 N–H and O–H groups in total. The minimum Gasteiger partial charge on any atom is -0.478 e. The lowest BCUT2D eigenvalue weighted by atomic mass is 10.1. The molecule has 0 aromatic heterocycles. The van der Waals surface area contributed by atoms with Crippen LogP contribution in [0, 0.1) is 24.0 Å². The molecule has 0 saturated heterocycles. The number of terminal acetylenes is 1. The summed E-state index contributed by atoms with van der Waals surface area (Å²) in [5.41, 5.74) is -1.05. The SMILES string of the molecule is C#CCCNC(=O)c1cc(F)c(F)cc1C(=O)O. The Balaban J connectivity index is 3.07. The van der Waals surface area contributed by atoms with Gasteiger partial charge in [0, 0.05) is 13.0 Å². The van der Waals surface area contributed by atoms with Crippen LogP contribution in [0.3, 0.4) is 0 Å². The largest absolute Gasteiger partial charge is 0.478 e. The van der Waals surface area contributed by atoms with Crippen molar-refractivity contribution in [3.05, 3.63) is 34.9 Å². The predicted molar refractivity (Wildman–Crippen MR) is 59.1 cm³/mol. The summed E-state index contributed by atoms with van der Waals surface area (Å²) in [7, 11) is 0. The molecule has 6 heteroatoms. The van der Waals surface area contributed by atoms with E-state index >= 15 is 0 Å². The maximum Gasteiger partial charge on any atom is 0.336 e. The minimum absolute atomic E-state index is 0.118. The van der Waals surface area contributed by atoms with Gasteiger partial charge in [0.05, 0.1) is 11.1 Å². The van der Waals surface area contributed by atoms with Crippen LogP contribution >= 0.6 is 0 Å². The van der Waals surface area contributed by atoms with Gasteiger partial charge in [-0.1, -0.05) is 0 Å². The number of amides is 1. The molecule has 0 fully saturated rings. The lowest BCUT2D eigenvalue weighted by Gasteiger charge is -2.07. The van der Waals surface area contributed by atoms with Gasteiger partial charge in [0.1, 0.15) is 0 Å². The second-order valence-electron chi connectivity index (χ2n) is 3.33. The Labute approximate surface area is 102 Å². The van der Waals surface area contributed by atoms with E-state index in [-0.39, 0.29) is 13.0 Å². The molecule has 0 unspecified atom stereocenters. The fraction of sp³-hybridized carbons (Fsp3) is 0.167. The second-order valence-corrected chi connectivity index (χ2v) is 3.33. The highest BCUT2D eigenvalue weighted by atomic mass is 19.2. The Morgan fingerprint density at radius 1 is 1.28 bits per heavy atom. The van der Waals surface area contributed by atoms with E-state index in [1.54, 1.807) is 0 Å². The molecular formula is C12H9F2NO3. The van der Waals surface area contributed by atoms with Gasteiger partial charge in [-0.25, -0.2) is 13.6 Å². The summed E-state index contributed by atoms with van der Waals surface area (Å²) in [5, 5.41) is 11.1. The molecule has 0 aliphatic carbocycles. The Morgan fingerprint density at radius 3 is 2.33 bits per heavy atom. The van der Waals surface area contributed by atoms with Crippen molar-refractivity contribution < 1.29 is 23.5 Å². The number of carbonyl (C=O) groups is 2. The van der Waals surface area contributed by atoms with Crippen LogP contribution in [-0.4, -0.2) is 23.5 Å². The van der Waals surface area contributed by atoms with Crippen molar-refractivity contribution in [1.29, 1.82) is 0 Å². The number of carboxylic acid groups (broad SMARTS) is 1. The second kappa shape index (κ2) is 5.77. The van der Waals surface area contributed by atoms with E-state index in [1.165, 1.54) is 0 Å². The highest BCUT2D eigenvalue weighted by molar-refractivity contribution is 6.04. The molecule has 1 amide bonds. The molecular weight excluding hydrogens is 244 g/mol. The maximum atomic E-state index is 13.0. The summed E-state index contributed by atoms with van der Waals surface area (Å²) in [5.74, 6) is -2.68. The molecule has 18 heavy (non-hydrogen) atoms. The van der Waals surface area contributed by atoms with Crippen LogP contribution in [0.15, 0.2) is 12.1 Å². The summed E-state index contributed by atoms with van der Waals surface area (Å²) in [4.78, 5) is 22.4. The molecule has 0 aliphatic rings. The minimum atomic E-state index is -1.52. The predicted octanol–water partition coefficient (Wildman–Crippen LogP) is 1.42. The fourth-order valence-electron chi connectivity index (χ4n) is 1.26. The molecule has 0 bridgehead atoms. The van der Waals surface area contributed by atoms with Gasteiger partial charge in [-0.3, -0.25) is 4.79 Å². The van der Waals surface area contributed by atoms with Gasteiger partial charge in [-0.05, 0) is 12.1 Å². The fourth-order valence-corrected chi connectivity index (χ4v) is 1.26. The highest BCUT2D eigenvalue weighted by Gasteiger charge is 2.20. The summed E-state index contributed by atoms with van der Waals surface area (Å²) >= 11 is 0. The van der Waals surface area contributed by atoms with Crippen molar-refractivity contribution >= 4 is 11.9 Å². The molecule has 0 atom stereocenters. The summed E-state index contributed by atoms with van der Waals surface area (Å²) in [6.45, 7) is 0.118. The highest BCUT2D eigenvalue weighted by Crippen LogP contribution is 2.15. The Hall–Kier alpha value is -2.42. The zero-order valence-electron chi connectivity index (χ0n) is 9.17. The Morgan fingerprint density at radius 2 is 1.83 bits per heavy atom. The maximum absolute atomic E-state index is 13.0. The van der Waals surface area contributed by atoms with Crippen LogP contribution in [-0.2, 0) is 0 Å². The molecule has 1 aromatic carbocycles. The van der Waals surface area contributed by atoms with E-state index in [2.05, 4.69) is 11.2 Å². The number of carboxylic acids is 1. The van der Waals surface area contributed by atoms with Crippen LogP contribution in [0.4, 0.5) is 8.78 Å². The molecule has 4 nitrogen and oxygen atoms in total. The molecule has 0 heterocycles. The van der Waals surface area contributed by atoms with Crippen LogP contribution in [0.2, 0.25) is 0 Å². The molecule has 1 rings (SSSR count). The van der Waals surface area contributed by atoms with Crippen LogP contribution in [0.5, 0.6) is 0 Å². The van der Waals surface area contributed by atoms with Crippen LogP contribution in [0.1, 0.15) is 27.1 Å². The van der Waals surface area contributed by atoms with E-state index in [9.17, 15) is 18.4 Å². The van der Waals surface area contributed by atoms with Crippen molar-refractivity contribution in [2.75, 3.05) is 6.54 Å². The third-order valence-electron chi connectivity index (χ3n) is 2.09. The number of benzene rings is 1. The van der Waals surface area contributed by atoms with Crippen molar-refractivity contribution in [3.8, 4) is 12.3 Å². The smallest absolute Gasteiger partial charge is 0.336 e. The van der Waals surface area contributed by atoms with Gasteiger partial charge in [0.15, 0.2) is 11.6 Å². The first-order chi connectivity index (χ1) is 8.47. The van der Waals surface area contributed by atoms with Gasteiger partial charge < -0.3 is 10.4 Å². The van der Waals surface area contributed by atoms with Crippen molar-refractivity contribution in [2.24, 2.45) is 0 Å².